The number of methoxy groups -OCH3 is 1. The average molecular weight is 224 g/mol. The van der Waals surface area contributed by atoms with E-state index in [1.54, 1.807) is 0 Å². The lowest BCUT2D eigenvalue weighted by molar-refractivity contribution is -0.134. The first-order chi connectivity index (χ1) is 7.79. The van der Waals surface area contributed by atoms with Gasteiger partial charge in [0.25, 0.3) is 0 Å². The van der Waals surface area contributed by atoms with Crippen LogP contribution < -0.4 is 0 Å². The molecule has 0 N–H and O–H groups in total. The maximum absolute atomic E-state index is 11.0. The molecule has 4 heteroatoms. The second-order valence-electron chi connectivity index (χ2n) is 4.52. The summed E-state index contributed by atoms with van der Waals surface area (Å²) in [5, 5.41) is 0. The molecule has 0 spiro atoms. The molecular weight excluding hydrogens is 204 g/mol. The van der Waals surface area contributed by atoms with E-state index >= 15 is 0 Å². The zero-order valence-corrected chi connectivity index (χ0v) is 9.89. The molecule has 1 unspecified atom stereocenters. The van der Waals surface area contributed by atoms with Crippen molar-refractivity contribution < 1.29 is 9.53 Å². The summed E-state index contributed by atoms with van der Waals surface area (Å²) in [4.78, 5) is 15.8. The lowest BCUT2D eigenvalue weighted by atomic mass is 10.2. The molecule has 2 aliphatic heterocycles. The van der Waals surface area contributed by atoms with Gasteiger partial charge in [-0.05, 0) is 25.8 Å². The summed E-state index contributed by atoms with van der Waals surface area (Å²) in [5.41, 5.74) is 0. The molecule has 90 valence electrons. The quantitative estimate of drug-likeness (QED) is 0.514. The van der Waals surface area contributed by atoms with Crippen LogP contribution in [0.5, 0.6) is 0 Å². The van der Waals surface area contributed by atoms with Gasteiger partial charge in [0.1, 0.15) is 0 Å². The molecular formula is C12H20N2O2. The van der Waals surface area contributed by atoms with Gasteiger partial charge in [-0.1, -0.05) is 0 Å². The van der Waals surface area contributed by atoms with E-state index in [4.69, 9.17) is 0 Å². The van der Waals surface area contributed by atoms with Gasteiger partial charge in [0.2, 0.25) is 0 Å². The van der Waals surface area contributed by atoms with E-state index in [9.17, 15) is 4.79 Å². The van der Waals surface area contributed by atoms with Crippen molar-refractivity contribution in [2.24, 2.45) is 0 Å². The number of hydrogen-bond acceptors (Lipinski definition) is 4. The molecule has 1 atom stereocenters. The zero-order chi connectivity index (χ0) is 11.4. The number of carbonyl (C=O) groups is 1. The molecule has 4 nitrogen and oxygen atoms in total. The Kier molecular flexibility index (Phi) is 3.83. The zero-order valence-electron chi connectivity index (χ0n) is 9.89. The Hall–Kier alpha value is -1.03. The lowest BCUT2D eigenvalue weighted by Gasteiger charge is -2.24. The van der Waals surface area contributed by atoms with Gasteiger partial charge in [-0.25, -0.2) is 4.79 Å². The fourth-order valence-corrected chi connectivity index (χ4v) is 2.60. The van der Waals surface area contributed by atoms with Gasteiger partial charge in [-0.2, -0.15) is 0 Å². The number of carbonyl (C=O) groups excluding carboxylic acids is 1. The summed E-state index contributed by atoms with van der Waals surface area (Å²) in [6.07, 6.45) is 7.20. The predicted molar refractivity (Wildman–Crippen MR) is 61.9 cm³/mol. The molecule has 2 aliphatic rings. The Morgan fingerprint density at radius 2 is 2.12 bits per heavy atom. The number of fused-ring (bicyclic) bond motifs is 1. The van der Waals surface area contributed by atoms with Crippen molar-refractivity contribution in [3.8, 4) is 0 Å². The molecule has 2 rings (SSSR count). The molecule has 0 aromatic carbocycles. The van der Waals surface area contributed by atoms with Crippen molar-refractivity contribution >= 4 is 5.97 Å². The summed E-state index contributed by atoms with van der Waals surface area (Å²) < 4.78 is 4.60. The van der Waals surface area contributed by atoms with Crippen LogP contribution in [0, 0.1) is 0 Å². The van der Waals surface area contributed by atoms with Crippen molar-refractivity contribution in [3.63, 3.8) is 0 Å². The molecule has 0 bridgehead atoms. The highest BCUT2D eigenvalue weighted by Gasteiger charge is 2.27. The van der Waals surface area contributed by atoms with Crippen LogP contribution in [0.4, 0.5) is 0 Å². The van der Waals surface area contributed by atoms with Crippen LogP contribution in [-0.4, -0.2) is 55.1 Å². The third-order valence-corrected chi connectivity index (χ3v) is 3.46. The van der Waals surface area contributed by atoms with Crippen molar-refractivity contribution in [1.82, 2.24) is 9.80 Å². The monoisotopic (exact) mass is 224 g/mol. The molecule has 2 fully saturated rings. The normalized spacial score (nSPS) is 26.8. The van der Waals surface area contributed by atoms with Crippen molar-refractivity contribution in [2.75, 3.05) is 33.3 Å². The fourth-order valence-electron chi connectivity index (χ4n) is 2.60. The number of ether oxygens (including phenoxy) is 1. The van der Waals surface area contributed by atoms with Crippen LogP contribution in [0.3, 0.4) is 0 Å². The fraction of sp³-hybridized carbons (Fsp3) is 0.750. The molecule has 16 heavy (non-hydrogen) atoms. The minimum atomic E-state index is -0.271. The van der Waals surface area contributed by atoms with E-state index < -0.39 is 0 Å². The summed E-state index contributed by atoms with van der Waals surface area (Å²) in [5.74, 6) is -0.271. The first kappa shape index (κ1) is 11.5. The number of esters is 1. The van der Waals surface area contributed by atoms with E-state index in [1.165, 1.54) is 45.5 Å². The minimum Gasteiger partial charge on any atom is -0.466 e. The Morgan fingerprint density at radius 3 is 2.94 bits per heavy atom. The van der Waals surface area contributed by atoms with Gasteiger partial charge in [0, 0.05) is 38.0 Å². The van der Waals surface area contributed by atoms with Crippen molar-refractivity contribution in [1.29, 1.82) is 0 Å². The second-order valence-corrected chi connectivity index (χ2v) is 4.52. The highest BCUT2D eigenvalue weighted by Crippen LogP contribution is 2.21. The van der Waals surface area contributed by atoms with Crippen LogP contribution in [0.1, 0.15) is 19.3 Å². The molecule has 0 radical (unpaired) electrons. The van der Waals surface area contributed by atoms with Gasteiger partial charge in [0.05, 0.1) is 7.11 Å². The van der Waals surface area contributed by atoms with Crippen LogP contribution >= 0.6 is 0 Å². The molecule has 0 saturated carbocycles. The van der Waals surface area contributed by atoms with E-state index in [0.717, 1.165) is 13.1 Å². The van der Waals surface area contributed by atoms with E-state index in [1.807, 2.05) is 6.20 Å². The van der Waals surface area contributed by atoms with E-state index in [-0.39, 0.29) is 5.97 Å². The smallest absolute Gasteiger partial charge is 0.331 e. The second kappa shape index (κ2) is 5.34. The Labute approximate surface area is 96.8 Å². The highest BCUT2D eigenvalue weighted by atomic mass is 16.5. The van der Waals surface area contributed by atoms with Gasteiger partial charge in [-0.3, -0.25) is 4.90 Å². The molecule has 2 heterocycles. The minimum absolute atomic E-state index is 0.271. The predicted octanol–water partition coefficient (Wildman–Crippen LogP) is 0.843. The summed E-state index contributed by atoms with van der Waals surface area (Å²) in [7, 11) is 1.41. The highest BCUT2D eigenvalue weighted by molar-refractivity contribution is 5.81. The number of rotatable bonds is 2. The lowest BCUT2D eigenvalue weighted by Crippen LogP contribution is -2.34. The third-order valence-electron chi connectivity index (χ3n) is 3.46. The van der Waals surface area contributed by atoms with Crippen LogP contribution in [0.25, 0.3) is 0 Å². The summed E-state index contributed by atoms with van der Waals surface area (Å²) in [6, 6.07) is 0.685. The van der Waals surface area contributed by atoms with Crippen molar-refractivity contribution in [3.05, 3.63) is 12.3 Å². The first-order valence-electron chi connectivity index (χ1n) is 6.04. The molecule has 0 amide bonds. The molecule has 2 saturated heterocycles. The SMILES string of the molecule is COC(=O)C=CN1CCCN2CCCC2C1. The van der Waals surface area contributed by atoms with Gasteiger partial charge in [-0.15, -0.1) is 0 Å². The van der Waals surface area contributed by atoms with Crippen molar-refractivity contribution in [2.45, 2.75) is 25.3 Å². The van der Waals surface area contributed by atoms with Gasteiger partial charge >= 0.3 is 5.97 Å². The molecule has 0 aliphatic carbocycles. The Balaban J connectivity index is 1.90. The maximum Gasteiger partial charge on any atom is 0.331 e. The Morgan fingerprint density at radius 1 is 1.31 bits per heavy atom. The van der Waals surface area contributed by atoms with Crippen LogP contribution in [0.2, 0.25) is 0 Å². The number of nitrogens with zero attached hydrogens (tertiary/aromatic N) is 2. The summed E-state index contributed by atoms with van der Waals surface area (Å²) in [6.45, 7) is 4.54. The average Bonchev–Trinajstić information content (AvgIpc) is 2.64. The standard InChI is InChI=1S/C12H20N2O2/c1-16-12(15)5-9-13-6-3-8-14-7-2-4-11(14)10-13/h5,9,11H,2-4,6-8,10H2,1H3. The summed E-state index contributed by atoms with van der Waals surface area (Å²) >= 11 is 0. The Bertz CT molecular complexity index is 278. The van der Waals surface area contributed by atoms with E-state index in [0.29, 0.717) is 6.04 Å². The van der Waals surface area contributed by atoms with Gasteiger partial charge in [0.15, 0.2) is 0 Å². The molecule has 0 aromatic rings. The molecule has 0 aromatic heterocycles. The van der Waals surface area contributed by atoms with Crippen LogP contribution in [-0.2, 0) is 9.53 Å². The van der Waals surface area contributed by atoms with Gasteiger partial charge < -0.3 is 9.64 Å². The third kappa shape index (κ3) is 2.76. The first-order valence-corrected chi connectivity index (χ1v) is 6.04. The maximum atomic E-state index is 11.0. The largest absolute Gasteiger partial charge is 0.466 e. The number of hydrogen-bond donors (Lipinski definition) is 0. The topological polar surface area (TPSA) is 32.8 Å². The van der Waals surface area contributed by atoms with Crippen LogP contribution in [0.15, 0.2) is 12.3 Å². The van der Waals surface area contributed by atoms with E-state index in [2.05, 4.69) is 14.5 Å².